The van der Waals surface area contributed by atoms with Gasteiger partial charge in [-0.25, -0.2) is 14.4 Å². The maximum atomic E-state index is 13.5. The Morgan fingerprint density at radius 2 is 1.81 bits per heavy atom. The van der Waals surface area contributed by atoms with E-state index in [1.807, 2.05) is 39.0 Å². The molecule has 2 bridgehead atoms. The summed E-state index contributed by atoms with van der Waals surface area (Å²) in [6.07, 6.45) is 2.06. The summed E-state index contributed by atoms with van der Waals surface area (Å²) in [7, 11) is 1.41. The molecule has 1 saturated heterocycles. The summed E-state index contributed by atoms with van der Waals surface area (Å²) in [5.41, 5.74) is -1.51. The summed E-state index contributed by atoms with van der Waals surface area (Å²) in [6, 6.07) is 3.31. The lowest BCUT2D eigenvalue weighted by Gasteiger charge is -2.42. The Hall–Kier alpha value is -3.27. The summed E-state index contributed by atoms with van der Waals surface area (Å²) in [6.45, 7) is 6.53. The molecule has 1 unspecified atom stereocenters. The number of aromatic nitrogens is 1. The lowest BCUT2D eigenvalue weighted by atomic mass is 9.69. The monoisotopic (exact) mass is 678 g/mol. The SMILES string of the molecule is CO[C@H]1CC2C=C[C@@H]3C[C@]2(O[C@H]3[C@H](OC(=O)c2ccc[nH]2)[C@H](C)[C@H](C)O)/C(C)=C/[C@@H](C)[C@@H]([C@@H](C)OC(=O)NC(CO)(CO)CO)OC1=O. The van der Waals surface area contributed by atoms with Crippen LogP contribution in [0.1, 0.15) is 57.9 Å². The molecule has 6 N–H and O–H groups in total. The van der Waals surface area contributed by atoms with Gasteiger partial charge in [-0.3, -0.25) is 0 Å². The number of hydrogen-bond donors (Lipinski definition) is 6. The standard InChI is InChI=1S/C34H50N2O12/c1-18-12-19(2)34-14-23(29(48-34)28(20(3)21(4)40)47-30(41)25-8-7-11-35-25)9-10-24(34)13-26(44-6)31(42)46-27(18)22(5)45-32(43)36-33(15-37,16-38)17-39/h7-12,18,20-24,26-29,35,37-40H,13-17H2,1-6H3,(H,36,43)/b19-12+/t18-,20-,21+,22-,23-,24?,26+,27+,28-,29-,34+/m1/s1. The van der Waals surface area contributed by atoms with Gasteiger partial charge >= 0.3 is 18.0 Å². The van der Waals surface area contributed by atoms with Crippen molar-refractivity contribution in [1.29, 1.82) is 0 Å². The minimum Gasteiger partial charge on any atom is -0.456 e. The number of fused-ring (bicyclic) bond motifs is 1. The Kier molecular flexibility index (Phi) is 12.1. The molecule has 268 valence electrons. The number of nitrogens with one attached hydrogen (secondary N) is 2. The molecule has 1 aliphatic carbocycles. The minimum absolute atomic E-state index is 0.176. The molecule has 3 heterocycles. The fraction of sp³-hybridized carbons (Fsp3) is 0.676. The fourth-order valence-electron chi connectivity index (χ4n) is 6.95. The number of aromatic amines is 1. The zero-order valence-electron chi connectivity index (χ0n) is 28.3. The van der Waals surface area contributed by atoms with E-state index in [0.717, 1.165) is 5.57 Å². The second-order valence-corrected chi connectivity index (χ2v) is 13.4. The van der Waals surface area contributed by atoms with E-state index < -0.39 is 97.5 Å². The second kappa shape index (κ2) is 15.5. The Balaban J connectivity index is 1.66. The molecule has 3 aliphatic rings. The Morgan fingerprint density at radius 1 is 1.12 bits per heavy atom. The van der Waals surface area contributed by atoms with Crippen LogP contribution < -0.4 is 5.32 Å². The maximum Gasteiger partial charge on any atom is 0.408 e. The lowest BCUT2D eigenvalue weighted by molar-refractivity contribution is -0.172. The second-order valence-electron chi connectivity index (χ2n) is 13.4. The number of ether oxygens (including phenoxy) is 5. The summed E-state index contributed by atoms with van der Waals surface area (Å²) >= 11 is 0. The Labute approximate surface area is 280 Å². The van der Waals surface area contributed by atoms with Gasteiger partial charge < -0.3 is 54.4 Å². The van der Waals surface area contributed by atoms with Gasteiger partial charge in [-0.2, -0.15) is 0 Å². The lowest BCUT2D eigenvalue weighted by Crippen LogP contribution is -2.58. The van der Waals surface area contributed by atoms with Gasteiger partial charge in [-0.05, 0) is 51.3 Å². The molecular weight excluding hydrogens is 628 g/mol. The van der Waals surface area contributed by atoms with Crippen LogP contribution in [0.2, 0.25) is 0 Å². The molecule has 1 fully saturated rings. The highest BCUT2D eigenvalue weighted by molar-refractivity contribution is 5.87. The average Bonchev–Trinajstić information content (AvgIpc) is 3.71. The van der Waals surface area contributed by atoms with Crippen LogP contribution in [0, 0.1) is 23.7 Å². The van der Waals surface area contributed by atoms with Crippen molar-refractivity contribution in [3.8, 4) is 0 Å². The number of H-pyrrole nitrogens is 1. The quantitative estimate of drug-likeness (QED) is 0.106. The third-order valence-electron chi connectivity index (χ3n) is 10.2. The van der Waals surface area contributed by atoms with Gasteiger partial charge in [-0.15, -0.1) is 0 Å². The third kappa shape index (κ3) is 7.63. The fourth-order valence-corrected chi connectivity index (χ4v) is 6.95. The summed E-state index contributed by atoms with van der Waals surface area (Å²) in [4.78, 5) is 42.3. The van der Waals surface area contributed by atoms with Crippen molar-refractivity contribution in [3.05, 3.63) is 47.8 Å². The van der Waals surface area contributed by atoms with E-state index in [1.165, 1.54) is 7.11 Å². The van der Waals surface area contributed by atoms with Crippen LogP contribution in [0.15, 0.2) is 42.1 Å². The normalized spacial score (nSPS) is 32.5. The van der Waals surface area contributed by atoms with Crippen LogP contribution in [0.25, 0.3) is 0 Å². The van der Waals surface area contributed by atoms with Gasteiger partial charge in [0.05, 0.1) is 31.5 Å². The molecule has 1 aromatic heterocycles. The minimum atomic E-state index is -1.71. The van der Waals surface area contributed by atoms with Crippen molar-refractivity contribution < 1.29 is 58.5 Å². The van der Waals surface area contributed by atoms with Gasteiger partial charge in [0.15, 0.2) is 6.10 Å². The molecule has 2 aliphatic heterocycles. The molecule has 1 spiro atoms. The maximum absolute atomic E-state index is 13.5. The first-order chi connectivity index (χ1) is 22.7. The van der Waals surface area contributed by atoms with E-state index in [2.05, 4.69) is 10.3 Å². The van der Waals surface area contributed by atoms with Crippen LogP contribution in [0.4, 0.5) is 4.79 Å². The van der Waals surface area contributed by atoms with E-state index in [0.29, 0.717) is 6.42 Å². The topological polar surface area (TPSA) is 206 Å². The highest BCUT2D eigenvalue weighted by Gasteiger charge is 2.57. The molecule has 0 aromatic carbocycles. The molecule has 14 heteroatoms. The summed E-state index contributed by atoms with van der Waals surface area (Å²) < 4.78 is 30.1. The van der Waals surface area contributed by atoms with Crippen LogP contribution >= 0.6 is 0 Å². The number of cyclic esters (lactones) is 1. The third-order valence-corrected chi connectivity index (χ3v) is 10.2. The summed E-state index contributed by atoms with van der Waals surface area (Å²) in [5, 5.41) is 41.7. The van der Waals surface area contributed by atoms with Gasteiger partial charge in [-0.1, -0.05) is 32.1 Å². The first kappa shape index (κ1) is 37.5. The largest absolute Gasteiger partial charge is 0.456 e. The number of amides is 1. The predicted octanol–water partition coefficient (Wildman–Crippen LogP) is 1.63. The molecule has 0 saturated carbocycles. The molecule has 48 heavy (non-hydrogen) atoms. The highest BCUT2D eigenvalue weighted by atomic mass is 16.6. The number of methoxy groups -OCH3 is 1. The first-order valence-corrected chi connectivity index (χ1v) is 16.4. The average molecular weight is 679 g/mol. The van der Waals surface area contributed by atoms with E-state index in [-0.39, 0.29) is 24.0 Å². The highest BCUT2D eigenvalue weighted by Crippen LogP contribution is 2.53. The number of carbonyl (C=O) groups excluding carboxylic acids is 3. The number of carbonyl (C=O) groups is 3. The van der Waals surface area contributed by atoms with Crippen molar-refractivity contribution >= 4 is 18.0 Å². The zero-order chi connectivity index (χ0) is 35.4. The van der Waals surface area contributed by atoms with Crippen LogP contribution in [-0.4, -0.2) is 118 Å². The van der Waals surface area contributed by atoms with Crippen LogP contribution in [0.5, 0.6) is 0 Å². The molecule has 1 amide bonds. The molecule has 4 rings (SSSR count). The van der Waals surface area contributed by atoms with E-state index in [4.69, 9.17) is 23.7 Å². The predicted molar refractivity (Wildman–Crippen MR) is 170 cm³/mol. The van der Waals surface area contributed by atoms with Gasteiger partial charge in [0.2, 0.25) is 0 Å². The molecule has 1 aromatic rings. The van der Waals surface area contributed by atoms with E-state index in [9.17, 15) is 34.8 Å². The smallest absolute Gasteiger partial charge is 0.408 e. The van der Waals surface area contributed by atoms with Crippen molar-refractivity contribution in [3.63, 3.8) is 0 Å². The zero-order valence-corrected chi connectivity index (χ0v) is 28.3. The molecule has 11 atom stereocenters. The van der Waals surface area contributed by atoms with Crippen LogP contribution in [0.3, 0.4) is 0 Å². The number of rotatable bonds is 12. The van der Waals surface area contributed by atoms with E-state index >= 15 is 0 Å². The van der Waals surface area contributed by atoms with Crippen molar-refractivity contribution in [2.24, 2.45) is 23.7 Å². The molecule has 0 radical (unpaired) electrons. The number of esters is 2. The Morgan fingerprint density at radius 3 is 2.40 bits per heavy atom. The van der Waals surface area contributed by atoms with Crippen LogP contribution in [-0.2, 0) is 28.5 Å². The van der Waals surface area contributed by atoms with Crippen molar-refractivity contribution in [1.82, 2.24) is 10.3 Å². The number of hydrogen-bond acceptors (Lipinski definition) is 12. The van der Waals surface area contributed by atoms with Gasteiger partial charge in [0, 0.05) is 37.0 Å². The van der Waals surface area contributed by atoms with Gasteiger partial charge in [0.1, 0.15) is 35.6 Å². The van der Waals surface area contributed by atoms with E-state index in [1.54, 1.807) is 32.2 Å². The summed E-state index contributed by atoms with van der Waals surface area (Å²) in [5.74, 6) is -2.70. The Bertz CT molecular complexity index is 1320. The first-order valence-electron chi connectivity index (χ1n) is 16.4. The molecule has 14 nitrogen and oxygen atoms in total. The number of aliphatic hydroxyl groups is 4. The van der Waals surface area contributed by atoms with Crippen molar-refractivity contribution in [2.75, 3.05) is 26.9 Å². The molecular formula is C34H50N2O12. The van der Waals surface area contributed by atoms with Gasteiger partial charge in [0.25, 0.3) is 0 Å². The number of alkyl carbamates (subject to hydrolysis) is 1. The number of aliphatic hydroxyl groups excluding tert-OH is 4. The van der Waals surface area contributed by atoms with Crippen molar-refractivity contribution in [2.45, 2.75) is 95.2 Å².